The first kappa shape index (κ1) is 13.9. The van der Waals surface area contributed by atoms with Crippen LogP contribution in [0.1, 0.15) is 19.3 Å². The van der Waals surface area contributed by atoms with Gasteiger partial charge in [-0.25, -0.2) is 0 Å². The van der Waals surface area contributed by atoms with Crippen molar-refractivity contribution in [3.63, 3.8) is 0 Å². The minimum Gasteiger partial charge on any atom is -0.381 e. The normalized spacial score (nSPS) is 17.3. The van der Waals surface area contributed by atoms with E-state index in [1.807, 2.05) is 0 Å². The second-order valence-corrected chi connectivity index (χ2v) is 4.63. The Morgan fingerprint density at radius 1 is 1.38 bits per heavy atom. The summed E-state index contributed by atoms with van der Waals surface area (Å²) < 4.78 is 10.5. The second-order valence-electron chi connectivity index (χ2n) is 3.83. The van der Waals surface area contributed by atoms with Crippen LogP contribution in [0.15, 0.2) is 0 Å². The smallest absolute Gasteiger partial charge is 0.223 e. The third-order valence-corrected chi connectivity index (χ3v) is 2.90. The third kappa shape index (κ3) is 5.82. The van der Waals surface area contributed by atoms with E-state index in [4.69, 9.17) is 9.47 Å². The van der Waals surface area contributed by atoms with Crippen LogP contribution in [0.2, 0.25) is 0 Å². The molecule has 1 rings (SSSR count). The van der Waals surface area contributed by atoms with Crippen molar-refractivity contribution in [1.29, 1.82) is 0 Å². The van der Waals surface area contributed by atoms with E-state index in [-0.39, 0.29) is 11.8 Å². The molecule has 16 heavy (non-hydrogen) atoms. The van der Waals surface area contributed by atoms with Crippen molar-refractivity contribution in [2.75, 3.05) is 38.3 Å². The van der Waals surface area contributed by atoms with Crippen molar-refractivity contribution < 1.29 is 14.3 Å². The number of alkyl halides is 1. The van der Waals surface area contributed by atoms with Gasteiger partial charge in [0.25, 0.3) is 0 Å². The van der Waals surface area contributed by atoms with E-state index >= 15 is 0 Å². The van der Waals surface area contributed by atoms with Crippen molar-refractivity contribution >= 4 is 21.8 Å². The average molecular weight is 294 g/mol. The lowest BCUT2D eigenvalue weighted by Gasteiger charge is -2.21. The van der Waals surface area contributed by atoms with Crippen LogP contribution < -0.4 is 5.32 Å². The highest BCUT2D eigenvalue weighted by Gasteiger charge is 2.20. The van der Waals surface area contributed by atoms with Crippen LogP contribution in [0.3, 0.4) is 0 Å². The zero-order valence-electron chi connectivity index (χ0n) is 9.54. The topological polar surface area (TPSA) is 47.6 Å². The van der Waals surface area contributed by atoms with Crippen molar-refractivity contribution in [1.82, 2.24) is 5.32 Å². The van der Waals surface area contributed by atoms with E-state index in [2.05, 4.69) is 21.2 Å². The Labute approximate surface area is 105 Å². The standard InChI is InChI=1S/C11H20BrNO3/c12-4-9-15-6-1-5-13-11(14)10-2-7-16-8-3-10/h10H,1-9H2,(H,13,14). The third-order valence-electron chi connectivity index (χ3n) is 2.58. The van der Waals surface area contributed by atoms with E-state index in [9.17, 15) is 4.79 Å². The molecule has 0 aromatic rings. The largest absolute Gasteiger partial charge is 0.381 e. The molecule has 1 fully saturated rings. The monoisotopic (exact) mass is 293 g/mol. The van der Waals surface area contributed by atoms with Crippen LogP contribution in [0.5, 0.6) is 0 Å². The summed E-state index contributed by atoms with van der Waals surface area (Å²) in [4.78, 5) is 11.7. The maximum Gasteiger partial charge on any atom is 0.223 e. The fourth-order valence-electron chi connectivity index (χ4n) is 1.65. The molecule has 0 unspecified atom stereocenters. The summed E-state index contributed by atoms with van der Waals surface area (Å²) in [6, 6.07) is 0. The molecule has 1 amide bonds. The van der Waals surface area contributed by atoms with Crippen molar-refractivity contribution in [3.05, 3.63) is 0 Å². The van der Waals surface area contributed by atoms with E-state index in [0.717, 1.165) is 31.2 Å². The molecule has 5 heteroatoms. The van der Waals surface area contributed by atoms with Crippen LogP contribution >= 0.6 is 15.9 Å². The summed E-state index contributed by atoms with van der Waals surface area (Å²) in [5.41, 5.74) is 0. The van der Waals surface area contributed by atoms with Gasteiger partial charge in [0.2, 0.25) is 5.91 Å². The Balaban J connectivity index is 1.97. The van der Waals surface area contributed by atoms with Gasteiger partial charge in [-0.3, -0.25) is 4.79 Å². The Kier molecular flexibility index (Phi) is 7.80. The highest BCUT2D eigenvalue weighted by molar-refractivity contribution is 9.09. The lowest BCUT2D eigenvalue weighted by atomic mass is 9.99. The number of halogens is 1. The van der Waals surface area contributed by atoms with Crippen molar-refractivity contribution in [2.45, 2.75) is 19.3 Å². The first-order chi connectivity index (χ1) is 7.84. The van der Waals surface area contributed by atoms with Gasteiger partial charge in [0.1, 0.15) is 0 Å². The molecule has 1 saturated heterocycles. The highest BCUT2D eigenvalue weighted by Crippen LogP contribution is 2.14. The van der Waals surface area contributed by atoms with E-state index in [1.165, 1.54) is 0 Å². The quantitative estimate of drug-likeness (QED) is 0.569. The minimum atomic E-state index is 0.150. The van der Waals surface area contributed by atoms with Crippen molar-refractivity contribution in [2.24, 2.45) is 5.92 Å². The maximum absolute atomic E-state index is 11.7. The molecule has 0 radical (unpaired) electrons. The summed E-state index contributed by atoms with van der Waals surface area (Å²) in [5, 5.41) is 3.81. The molecule has 0 bridgehead atoms. The Morgan fingerprint density at radius 2 is 2.12 bits per heavy atom. The second kappa shape index (κ2) is 8.96. The molecule has 4 nitrogen and oxygen atoms in total. The number of carbonyl (C=O) groups is 1. The summed E-state index contributed by atoms with van der Waals surface area (Å²) >= 11 is 3.29. The molecule has 0 aliphatic carbocycles. The zero-order valence-corrected chi connectivity index (χ0v) is 11.1. The Hall–Kier alpha value is -0.130. The Morgan fingerprint density at radius 3 is 2.81 bits per heavy atom. The van der Waals surface area contributed by atoms with E-state index in [0.29, 0.717) is 26.4 Å². The van der Waals surface area contributed by atoms with Gasteiger partial charge in [0, 0.05) is 37.6 Å². The van der Waals surface area contributed by atoms with Crippen LogP contribution in [-0.4, -0.2) is 44.2 Å². The molecule has 0 aromatic carbocycles. The van der Waals surface area contributed by atoms with Crippen LogP contribution in [0.4, 0.5) is 0 Å². The van der Waals surface area contributed by atoms with Gasteiger partial charge in [0.15, 0.2) is 0 Å². The molecular formula is C11H20BrNO3. The molecule has 1 aliphatic heterocycles. The number of rotatable bonds is 7. The van der Waals surface area contributed by atoms with Gasteiger partial charge in [-0.2, -0.15) is 0 Å². The van der Waals surface area contributed by atoms with E-state index in [1.54, 1.807) is 0 Å². The fourth-order valence-corrected chi connectivity index (χ4v) is 1.88. The predicted molar refractivity (Wildman–Crippen MR) is 65.8 cm³/mol. The van der Waals surface area contributed by atoms with E-state index < -0.39 is 0 Å². The fraction of sp³-hybridized carbons (Fsp3) is 0.909. The van der Waals surface area contributed by atoms with Gasteiger partial charge < -0.3 is 14.8 Å². The molecule has 1 heterocycles. The summed E-state index contributed by atoms with van der Waals surface area (Å²) in [7, 11) is 0. The highest BCUT2D eigenvalue weighted by atomic mass is 79.9. The molecule has 1 N–H and O–H groups in total. The van der Waals surface area contributed by atoms with Crippen LogP contribution in [0.25, 0.3) is 0 Å². The number of nitrogens with one attached hydrogen (secondary N) is 1. The lowest BCUT2D eigenvalue weighted by molar-refractivity contribution is -0.127. The first-order valence-corrected chi connectivity index (χ1v) is 6.96. The minimum absolute atomic E-state index is 0.150. The van der Waals surface area contributed by atoms with Crippen LogP contribution in [0, 0.1) is 5.92 Å². The van der Waals surface area contributed by atoms with Crippen molar-refractivity contribution in [3.8, 4) is 0 Å². The number of amides is 1. The van der Waals surface area contributed by atoms with Gasteiger partial charge in [-0.05, 0) is 19.3 Å². The van der Waals surface area contributed by atoms with Gasteiger partial charge in [-0.15, -0.1) is 0 Å². The summed E-state index contributed by atoms with van der Waals surface area (Å²) in [6.07, 6.45) is 2.58. The zero-order chi connectivity index (χ0) is 11.6. The van der Waals surface area contributed by atoms with Crippen LogP contribution in [-0.2, 0) is 14.3 Å². The number of hydrogen-bond donors (Lipinski definition) is 1. The molecule has 0 saturated carbocycles. The van der Waals surface area contributed by atoms with Gasteiger partial charge in [0.05, 0.1) is 6.61 Å². The molecule has 0 spiro atoms. The van der Waals surface area contributed by atoms with Gasteiger partial charge in [-0.1, -0.05) is 15.9 Å². The maximum atomic E-state index is 11.7. The molecular weight excluding hydrogens is 274 g/mol. The number of hydrogen-bond acceptors (Lipinski definition) is 3. The summed E-state index contributed by atoms with van der Waals surface area (Å²) in [6.45, 7) is 3.57. The van der Waals surface area contributed by atoms with Gasteiger partial charge >= 0.3 is 0 Å². The Bertz CT molecular complexity index is 196. The first-order valence-electron chi connectivity index (χ1n) is 5.83. The molecule has 0 aromatic heterocycles. The number of carbonyl (C=O) groups excluding carboxylic acids is 1. The molecule has 0 atom stereocenters. The lowest BCUT2D eigenvalue weighted by Crippen LogP contribution is -2.35. The summed E-state index contributed by atoms with van der Waals surface area (Å²) in [5.74, 6) is 0.320. The SMILES string of the molecule is O=C(NCCCOCCBr)C1CCOCC1. The average Bonchev–Trinajstić information content (AvgIpc) is 2.34. The molecule has 1 aliphatic rings. The molecule has 94 valence electrons. The number of ether oxygens (including phenoxy) is 2. The predicted octanol–water partition coefficient (Wildman–Crippen LogP) is 1.33.